The fraction of sp³-hybridized carbons (Fsp3) is 0.462. The Morgan fingerprint density at radius 2 is 1.16 bits per heavy atom. The molecule has 0 aliphatic carbocycles. The smallest absolute Gasteiger partial charge is 0.315 e. The summed E-state index contributed by atoms with van der Waals surface area (Å²) in [6.45, 7) is 15.8. The van der Waals surface area contributed by atoms with Crippen LogP contribution in [0.1, 0.15) is 78.4 Å². The summed E-state index contributed by atoms with van der Waals surface area (Å²) < 4.78 is 0. The highest BCUT2D eigenvalue weighted by Crippen LogP contribution is 2.32. The van der Waals surface area contributed by atoms with Gasteiger partial charge in [0.15, 0.2) is 0 Å². The van der Waals surface area contributed by atoms with Gasteiger partial charge >= 0.3 is 6.03 Å². The van der Waals surface area contributed by atoms with Crippen molar-refractivity contribution in [1.82, 2.24) is 10.6 Å². The highest BCUT2D eigenvalue weighted by atomic mass is 16.2. The van der Waals surface area contributed by atoms with Crippen LogP contribution < -0.4 is 16.0 Å². The van der Waals surface area contributed by atoms with E-state index in [9.17, 15) is 9.59 Å². The molecule has 0 spiro atoms. The molecule has 0 saturated carbocycles. The monoisotopic (exact) mass is 425 g/mol. The van der Waals surface area contributed by atoms with Gasteiger partial charge in [-0.25, -0.2) is 4.79 Å². The van der Waals surface area contributed by atoms with Crippen molar-refractivity contribution in [1.29, 1.82) is 0 Å². The molecule has 0 aliphatic rings. The van der Waals surface area contributed by atoms with E-state index in [1.54, 1.807) is 6.92 Å². The van der Waals surface area contributed by atoms with E-state index < -0.39 is 6.04 Å². The van der Waals surface area contributed by atoms with Crippen LogP contribution in [0.15, 0.2) is 54.6 Å². The summed E-state index contributed by atoms with van der Waals surface area (Å²) in [7, 11) is 0. The van der Waals surface area contributed by atoms with E-state index in [0.29, 0.717) is 11.8 Å². The number of anilines is 1. The molecule has 0 radical (unpaired) electrons. The Balaban J connectivity index is 0.000000683. The molecule has 0 heterocycles. The zero-order valence-electron chi connectivity index (χ0n) is 20.2. The lowest BCUT2D eigenvalue weighted by Crippen LogP contribution is -2.51. The van der Waals surface area contributed by atoms with Crippen molar-refractivity contribution in [2.45, 2.75) is 78.8 Å². The molecule has 3 N–H and O–H groups in total. The highest BCUT2D eigenvalue weighted by Gasteiger charge is 2.22. The molecule has 2 aromatic carbocycles. The van der Waals surface area contributed by atoms with Crippen molar-refractivity contribution in [2.75, 3.05) is 5.32 Å². The number of amides is 3. The van der Waals surface area contributed by atoms with Gasteiger partial charge in [-0.2, -0.15) is 0 Å². The number of rotatable bonds is 5. The molecule has 5 nitrogen and oxygen atoms in total. The quantitative estimate of drug-likeness (QED) is 0.546. The van der Waals surface area contributed by atoms with Crippen molar-refractivity contribution >= 4 is 17.6 Å². The molecule has 2 aromatic rings. The lowest BCUT2D eigenvalue weighted by molar-refractivity contribution is -0.117. The summed E-state index contributed by atoms with van der Waals surface area (Å²) in [5.74, 6) is 0.363. The Morgan fingerprint density at radius 3 is 1.52 bits per heavy atom. The maximum Gasteiger partial charge on any atom is 0.315 e. The first-order chi connectivity index (χ1) is 14.4. The Labute approximate surface area is 188 Å². The maximum absolute atomic E-state index is 12.6. The topological polar surface area (TPSA) is 70.2 Å². The third kappa shape index (κ3) is 9.69. The van der Waals surface area contributed by atoms with E-state index in [1.165, 1.54) is 0 Å². The fourth-order valence-corrected chi connectivity index (χ4v) is 2.95. The zero-order valence-corrected chi connectivity index (χ0v) is 20.2. The molecule has 0 bridgehead atoms. The van der Waals surface area contributed by atoms with Gasteiger partial charge in [-0.1, -0.05) is 82.3 Å². The largest absolute Gasteiger partial charge is 0.334 e. The lowest BCUT2D eigenvalue weighted by atomic mass is 9.92. The Kier molecular flexibility index (Phi) is 10.3. The van der Waals surface area contributed by atoms with Gasteiger partial charge in [0.05, 0.1) is 0 Å². The van der Waals surface area contributed by atoms with Gasteiger partial charge in [-0.05, 0) is 50.7 Å². The summed E-state index contributed by atoms with van der Waals surface area (Å²) in [5.41, 5.74) is 2.72. The van der Waals surface area contributed by atoms with Gasteiger partial charge in [0, 0.05) is 11.2 Å². The van der Waals surface area contributed by atoms with Crippen molar-refractivity contribution in [3.63, 3.8) is 0 Å². The van der Waals surface area contributed by atoms with Crippen LogP contribution in [0.5, 0.6) is 0 Å². The molecule has 5 heteroatoms. The number of para-hydroxylation sites is 1. The van der Waals surface area contributed by atoms with Gasteiger partial charge in [0.2, 0.25) is 5.91 Å². The van der Waals surface area contributed by atoms with Crippen molar-refractivity contribution in [3.05, 3.63) is 65.7 Å². The first-order valence-corrected chi connectivity index (χ1v) is 10.9. The maximum atomic E-state index is 12.6. The first-order valence-electron chi connectivity index (χ1n) is 10.9. The molecular weight excluding hydrogens is 386 g/mol. The molecule has 1 unspecified atom stereocenters. The summed E-state index contributed by atoms with van der Waals surface area (Å²) >= 11 is 0. The van der Waals surface area contributed by atoms with Crippen LogP contribution in [-0.4, -0.2) is 23.5 Å². The second-order valence-corrected chi connectivity index (χ2v) is 9.33. The van der Waals surface area contributed by atoms with E-state index in [1.807, 2.05) is 75.4 Å². The highest BCUT2D eigenvalue weighted by molar-refractivity contribution is 5.98. The summed E-state index contributed by atoms with van der Waals surface area (Å²) in [6.07, 6.45) is 0. The van der Waals surface area contributed by atoms with E-state index in [2.05, 4.69) is 43.6 Å². The van der Waals surface area contributed by atoms with Crippen LogP contribution in [-0.2, 0) is 4.79 Å². The number of hydrogen-bond donors (Lipinski definition) is 3. The van der Waals surface area contributed by atoms with Crippen LogP contribution in [0.3, 0.4) is 0 Å². The van der Waals surface area contributed by atoms with Crippen LogP contribution in [0.4, 0.5) is 10.5 Å². The second-order valence-electron chi connectivity index (χ2n) is 9.33. The molecule has 3 amide bonds. The molecular formula is C26H39N3O2. The molecule has 0 fully saturated rings. The van der Waals surface area contributed by atoms with Crippen molar-refractivity contribution in [3.8, 4) is 0 Å². The Hall–Kier alpha value is -2.82. The number of benzene rings is 2. The molecule has 0 aromatic heterocycles. The average molecular weight is 426 g/mol. The third-order valence-electron chi connectivity index (χ3n) is 4.52. The number of urea groups is 1. The van der Waals surface area contributed by atoms with Gasteiger partial charge in [-0.3, -0.25) is 4.79 Å². The van der Waals surface area contributed by atoms with E-state index in [4.69, 9.17) is 0 Å². The van der Waals surface area contributed by atoms with E-state index in [-0.39, 0.29) is 17.5 Å². The minimum Gasteiger partial charge on any atom is -0.334 e. The summed E-state index contributed by atoms with van der Waals surface area (Å²) in [6, 6.07) is 17.1. The normalized spacial score (nSPS) is 11.9. The molecule has 0 saturated heterocycles. The number of carbonyl (C=O) groups is 2. The number of nitrogens with one attached hydrogen (secondary N) is 3. The van der Waals surface area contributed by atoms with Gasteiger partial charge in [0.1, 0.15) is 6.04 Å². The molecule has 0 aliphatic heterocycles. The van der Waals surface area contributed by atoms with Crippen LogP contribution in [0.25, 0.3) is 0 Å². The summed E-state index contributed by atoms with van der Waals surface area (Å²) in [5, 5.41) is 8.52. The number of hydrogen-bond acceptors (Lipinski definition) is 2. The van der Waals surface area contributed by atoms with Crippen molar-refractivity contribution < 1.29 is 9.59 Å². The third-order valence-corrected chi connectivity index (χ3v) is 4.52. The van der Waals surface area contributed by atoms with Crippen LogP contribution >= 0.6 is 0 Å². The van der Waals surface area contributed by atoms with Gasteiger partial charge in [0.25, 0.3) is 0 Å². The predicted molar refractivity (Wildman–Crippen MR) is 131 cm³/mol. The number of carbonyl (C=O) groups excluding carboxylic acids is 2. The minimum absolute atomic E-state index is 0.223. The Morgan fingerprint density at radius 1 is 0.742 bits per heavy atom. The summed E-state index contributed by atoms with van der Waals surface area (Å²) in [4.78, 5) is 24.6. The van der Waals surface area contributed by atoms with E-state index >= 15 is 0 Å². The molecule has 31 heavy (non-hydrogen) atoms. The second kappa shape index (κ2) is 12.1. The molecule has 170 valence electrons. The SMILES string of the molecule is CC(NC(=O)NC(C)(C)C)C(=O)Nc1c(C(C)C)cccc1C(C)C.c1ccccc1. The predicted octanol–water partition coefficient (Wildman–Crippen LogP) is 6.04. The molecule has 1 atom stereocenters. The minimum atomic E-state index is -0.636. The van der Waals surface area contributed by atoms with Crippen molar-refractivity contribution in [2.24, 2.45) is 0 Å². The Bertz CT molecular complexity index is 771. The standard InChI is InChI=1S/C20H33N3O2.C6H6/c1-12(2)15-10-9-11-16(13(3)4)17(15)22-18(24)14(5)21-19(25)23-20(6,7)8;1-2-4-6-5-3-1/h9-14H,1-8H3,(H,22,24)(H2,21,23,25);1-6H. The average Bonchev–Trinajstić information content (AvgIpc) is 2.68. The molecule has 2 rings (SSSR count). The van der Waals surface area contributed by atoms with Gasteiger partial charge < -0.3 is 16.0 Å². The van der Waals surface area contributed by atoms with Crippen LogP contribution in [0.2, 0.25) is 0 Å². The zero-order chi connectivity index (χ0) is 23.6. The van der Waals surface area contributed by atoms with Crippen LogP contribution in [0, 0.1) is 0 Å². The fourth-order valence-electron chi connectivity index (χ4n) is 2.95. The van der Waals surface area contributed by atoms with Gasteiger partial charge in [-0.15, -0.1) is 0 Å². The lowest BCUT2D eigenvalue weighted by Gasteiger charge is -2.24. The first kappa shape index (κ1) is 26.2. The van der Waals surface area contributed by atoms with E-state index in [0.717, 1.165) is 16.8 Å².